The van der Waals surface area contributed by atoms with Crippen molar-refractivity contribution in [3.05, 3.63) is 46.8 Å². The van der Waals surface area contributed by atoms with E-state index in [0.717, 1.165) is 36.7 Å². The van der Waals surface area contributed by atoms with Crippen molar-refractivity contribution < 1.29 is 14.3 Å². The highest BCUT2D eigenvalue weighted by atomic mass is 16.5. The smallest absolute Gasteiger partial charge is 0.344 e. The minimum absolute atomic E-state index is 0.0761. The van der Waals surface area contributed by atoms with Crippen molar-refractivity contribution in [3.8, 4) is 11.5 Å². The molecule has 5 heteroatoms. The van der Waals surface area contributed by atoms with Crippen LogP contribution in [0.25, 0.3) is 21.7 Å². The van der Waals surface area contributed by atoms with Crippen LogP contribution in [0.15, 0.2) is 45.6 Å². The molecule has 24 heavy (non-hydrogen) atoms. The molecule has 0 amide bonds. The highest BCUT2D eigenvalue weighted by molar-refractivity contribution is 6.04. The zero-order chi connectivity index (χ0) is 16.7. The van der Waals surface area contributed by atoms with Crippen LogP contribution < -0.4 is 10.4 Å². The first-order valence-electron chi connectivity index (χ1n) is 8.15. The molecular weight excluding hydrogens is 306 g/mol. The predicted octanol–water partition coefficient (Wildman–Crippen LogP) is 3.12. The molecule has 5 nitrogen and oxygen atoms in total. The van der Waals surface area contributed by atoms with Gasteiger partial charge in [-0.3, -0.25) is 0 Å². The average molecular weight is 325 g/mol. The molecule has 3 aromatic rings. The van der Waals surface area contributed by atoms with Crippen LogP contribution in [0.5, 0.6) is 11.5 Å². The van der Waals surface area contributed by atoms with Gasteiger partial charge in [0.2, 0.25) is 0 Å². The summed E-state index contributed by atoms with van der Waals surface area (Å²) < 4.78 is 11.4. The van der Waals surface area contributed by atoms with Crippen LogP contribution in [-0.2, 0) is 0 Å². The van der Waals surface area contributed by atoms with Crippen molar-refractivity contribution in [1.29, 1.82) is 0 Å². The lowest BCUT2D eigenvalue weighted by molar-refractivity contribution is 0.114. The van der Waals surface area contributed by atoms with Crippen molar-refractivity contribution >= 4 is 21.7 Å². The van der Waals surface area contributed by atoms with Gasteiger partial charge in [-0.25, -0.2) is 4.79 Å². The summed E-state index contributed by atoms with van der Waals surface area (Å²) in [5.41, 5.74) is -0.0339. The van der Waals surface area contributed by atoms with Gasteiger partial charge in [-0.05, 0) is 50.2 Å². The molecule has 1 N–H and O–H groups in total. The number of piperidine rings is 1. The number of phenolic OH excluding ortho intramolecular Hbond substituents is 1. The van der Waals surface area contributed by atoms with Crippen LogP contribution >= 0.6 is 0 Å². The van der Waals surface area contributed by atoms with Gasteiger partial charge in [0.25, 0.3) is 0 Å². The van der Waals surface area contributed by atoms with E-state index in [9.17, 15) is 9.90 Å². The second kappa shape index (κ2) is 5.83. The quantitative estimate of drug-likeness (QED) is 0.579. The zero-order valence-electron chi connectivity index (χ0n) is 13.5. The second-order valence-electron chi connectivity index (χ2n) is 6.40. The summed E-state index contributed by atoms with van der Waals surface area (Å²) in [6, 6.07) is 10.3. The third kappa shape index (κ3) is 2.71. The number of hydrogen-bond donors (Lipinski definition) is 1. The van der Waals surface area contributed by atoms with E-state index in [4.69, 9.17) is 9.15 Å². The number of fused-ring (bicyclic) bond motifs is 3. The summed E-state index contributed by atoms with van der Waals surface area (Å²) in [6.07, 6.45) is 2.16. The number of nitrogens with zero attached hydrogens (tertiary/aromatic N) is 1. The maximum Gasteiger partial charge on any atom is 0.344 e. The Balaban J connectivity index is 1.73. The average Bonchev–Trinajstić information content (AvgIpc) is 2.57. The summed E-state index contributed by atoms with van der Waals surface area (Å²) >= 11 is 0. The molecule has 1 aliphatic heterocycles. The van der Waals surface area contributed by atoms with Crippen molar-refractivity contribution in [1.82, 2.24) is 4.90 Å². The number of benzene rings is 2. The first kappa shape index (κ1) is 15.0. The second-order valence-corrected chi connectivity index (χ2v) is 6.40. The summed E-state index contributed by atoms with van der Waals surface area (Å²) in [7, 11) is 2.11. The Bertz CT molecular complexity index is 955. The lowest BCUT2D eigenvalue weighted by Gasteiger charge is -2.29. The number of likely N-dealkylation sites (tertiary alicyclic amines) is 1. The third-order valence-corrected chi connectivity index (χ3v) is 4.64. The molecule has 124 valence electrons. The van der Waals surface area contributed by atoms with E-state index in [2.05, 4.69) is 11.9 Å². The number of aromatic hydroxyl groups is 1. The Morgan fingerprint density at radius 2 is 1.83 bits per heavy atom. The van der Waals surface area contributed by atoms with Gasteiger partial charge in [0, 0.05) is 29.9 Å². The van der Waals surface area contributed by atoms with E-state index in [1.54, 1.807) is 18.2 Å². The highest BCUT2D eigenvalue weighted by Crippen LogP contribution is 2.29. The Hall–Kier alpha value is -2.53. The van der Waals surface area contributed by atoms with Crippen LogP contribution in [0.2, 0.25) is 0 Å². The maximum atomic E-state index is 12.3. The van der Waals surface area contributed by atoms with Crippen LogP contribution in [0.1, 0.15) is 12.8 Å². The summed E-state index contributed by atoms with van der Waals surface area (Å²) in [6.45, 7) is 2.04. The first-order valence-corrected chi connectivity index (χ1v) is 8.15. The Kier molecular flexibility index (Phi) is 3.65. The number of ether oxygens (including phenoxy) is 1. The van der Waals surface area contributed by atoms with E-state index < -0.39 is 5.63 Å². The van der Waals surface area contributed by atoms with Gasteiger partial charge in [0.15, 0.2) is 0 Å². The van der Waals surface area contributed by atoms with Gasteiger partial charge in [-0.15, -0.1) is 0 Å². The molecule has 0 unspecified atom stereocenters. The first-order chi connectivity index (χ1) is 11.6. The molecule has 0 atom stereocenters. The molecule has 1 aliphatic rings. The maximum absolute atomic E-state index is 12.3. The molecular formula is C19H19NO4. The fourth-order valence-electron chi connectivity index (χ4n) is 3.27. The molecule has 0 bridgehead atoms. The number of phenols is 1. The predicted molar refractivity (Wildman–Crippen MR) is 92.8 cm³/mol. The van der Waals surface area contributed by atoms with E-state index in [1.165, 1.54) is 6.07 Å². The minimum atomic E-state index is -0.420. The van der Waals surface area contributed by atoms with Crippen molar-refractivity contribution in [2.75, 3.05) is 20.1 Å². The summed E-state index contributed by atoms with van der Waals surface area (Å²) in [5.74, 6) is 0.773. The molecule has 1 saturated heterocycles. The summed E-state index contributed by atoms with van der Waals surface area (Å²) in [4.78, 5) is 14.6. The van der Waals surface area contributed by atoms with E-state index >= 15 is 0 Å². The largest absolute Gasteiger partial charge is 0.508 e. The molecule has 0 radical (unpaired) electrons. The van der Waals surface area contributed by atoms with E-state index in [1.807, 2.05) is 12.1 Å². The van der Waals surface area contributed by atoms with Gasteiger partial charge < -0.3 is 19.2 Å². The standard InChI is InChI=1S/C19H19NO4/c1-20-8-6-13(7-9-20)23-14-3-5-15-16-4-2-12(21)10-18(16)24-19(22)17(15)11-14/h2-5,10-11,13,21H,6-9H2,1H3. The van der Waals surface area contributed by atoms with Crippen LogP contribution in [0.4, 0.5) is 0 Å². The van der Waals surface area contributed by atoms with Gasteiger partial charge in [-0.1, -0.05) is 0 Å². The Morgan fingerprint density at radius 3 is 2.62 bits per heavy atom. The van der Waals surface area contributed by atoms with E-state index in [0.29, 0.717) is 16.7 Å². The van der Waals surface area contributed by atoms with Crippen molar-refractivity contribution in [3.63, 3.8) is 0 Å². The Morgan fingerprint density at radius 1 is 1.08 bits per heavy atom. The minimum Gasteiger partial charge on any atom is -0.508 e. The number of hydrogen-bond acceptors (Lipinski definition) is 5. The topological polar surface area (TPSA) is 62.9 Å². The van der Waals surface area contributed by atoms with Crippen LogP contribution in [0, 0.1) is 0 Å². The fourth-order valence-corrected chi connectivity index (χ4v) is 3.27. The fraction of sp³-hybridized carbons (Fsp3) is 0.316. The molecule has 2 heterocycles. The van der Waals surface area contributed by atoms with Crippen LogP contribution in [0.3, 0.4) is 0 Å². The zero-order valence-corrected chi connectivity index (χ0v) is 13.5. The van der Waals surface area contributed by atoms with Gasteiger partial charge >= 0.3 is 5.63 Å². The van der Waals surface area contributed by atoms with E-state index in [-0.39, 0.29) is 11.9 Å². The van der Waals surface area contributed by atoms with Gasteiger partial charge in [-0.2, -0.15) is 0 Å². The normalized spacial score (nSPS) is 16.7. The van der Waals surface area contributed by atoms with Crippen LogP contribution in [-0.4, -0.2) is 36.2 Å². The monoisotopic (exact) mass is 325 g/mol. The lowest BCUT2D eigenvalue weighted by atomic mass is 10.1. The molecule has 2 aromatic carbocycles. The van der Waals surface area contributed by atoms with Gasteiger partial charge in [0.05, 0.1) is 5.39 Å². The molecule has 4 rings (SSSR count). The van der Waals surface area contributed by atoms with Crippen molar-refractivity contribution in [2.45, 2.75) is 18.9 Å². The molecule has 0 spiro atoms. The summed E-state index contributed by atoms with van der Waals surface area (Å²) in [5, 5.41) is 11.7. The molecule has 1 aromatic heterocycles. The molecule has 0 saturated carbocycles. The lowest BCUT2D eigenvalue weighted by Crippen LogP contribution is -2.35. The SMILES string of the molecule is CN1CCC(Oc2ccc3c(c2)c(=O)oc2cc(O)ccc23)CC1. The van der Waals surface area contributed by atoms with Crippen molar-refractivity contribution in [2.24, 2.45) is 0 Å². The number of rotatable bonds is 2. The molecule has 1 fully saturated rings. The Labute approximate surface area is 139 Å². The highest BCUT2D eigenvalue weighted by Gasteiger charge is 2.18. The molecule has 0 aliphatic carbocycles. The third-order valence-electron chi connectivity index (χ3n) is 4.64. The van der Waals surface area contributed by atoms with Gasteiger partial charge in [0.1, 0.15) is 23.2 Å².